The van der Waals surface area contributed by atoms with Gasteiger partial charge in [-0.1, -0.05) is 6.92 Å². The molecule has 8 nitrogen and oxygen atoms in total. The lowest BCUT2D eigenvalue weighted by Crippen LogP contribution is -2.62. The van der Waals surface area contributed by atoms with E-state index in [4.69, 9.17) is 5.11 Å². The van der Waals surface area contributed by atoms with Crippen molar-refractivity contribution >= 4 is 23.8 Å². The summed E-state index contributed by atoms with van der Waals surface area (Å²) in [7, 11) is 0. The third-order valence-corrected chi connectivity index (χ3v) is 3.93. The van der Waals surface area contributed by atoms with E-state index in [1.54, 1.807) is 6.92 Å². The van der Waals surface area contributed by atoms with E-state index in [1.807, 2.05) is 0 Å². The number of urea groups is 1. The highest BCUT2D eigenvalue weighted by molar-refractivity contribution is 6.04. The Morgan fingerprint density at radius 1 is 1.38 bits per heavy atom. The fraction of sp³-hybridized carbons (Fsp3) is 0.692. The van der Waals surface area contributed by atoms with E-state index in [0.717, 1.165) is 0 Å². The Bertz CT molecular complexity index is 478. The Hall–Kier alpha value is -2.12. The topological polar surface area (TPSA) is 107 Å². The Morgan fingerprint density at radius 2 is 2.10 bits per heavy atom. The molecule has 0 bridgehead atoms. The van der Waals surface area contributed by atoms with Crippen LogP contribution in [-0.4, -0.2) is 64.4 Å². The van der Waals surface area contributed by atoms with Crippen LogP contribution in [0.25, 0.3) is 0 Å². The number of piperazine rings is 1. The monoisotopic (exact) mass is 297 g/mol. The molecule has 0 saturated carbocycles. The number of imide groups is 1. The quantitative estimate of drug-likeness (QED) is 0.677. The van der Waals surface area contributed by atoms with Gasteiger partial charge in [-0.25, -0.2) is 4.79 Å². The summed E-state index contributed by atoms with van der Waals surface area (Å²) >= 11 is 0. The summed E-state index contributed by atoms with van der Waals surface area (Å²) in [5, 5.41) is 11.3. The number of carbonyl (C=O) groups excluding carboxylic acids is 3. The van der Waals surface area contributed by atoms with Crippen molar-refractivity contribution in [1.82, 2.24) is 15.1 Å². The minimum atomic E-state index is -0.924. The summed E-state index contributed by atoms with van der Waals surface area (Å²) in [4.78, 5) is 49.5. The molecule has 2 atom stereocenters. The van der Waals surface area contributed by atoms with Crippen LogP contribution in [0.3, 0.4) is 0 Å². The van der Waals surface area contributed by atoms with Crippen LogP contribution in [0.4, 0.5) is 4.79 Å². The van der Waals surface area contributed by atoms with Crippen LogP contribution in [0.15, 0.2) is 0 Å². The second kappa shape index (κ2) is 6.11. The molecule has 1 unspecified atom stereocenters. The number of nitrogens with zero attached hydrogens (tertiary/aromatic N) is 2. The third kappa shape index (κ3) is 3.14. The number of rotatable bonds is 2. The van der Waals surface area contributed by atoms with Gasteiger partial charge >= 0.3 is 12.0 Å². The van der Waals surface area contributed by atoms with Gasteiger partial charge < -0.3 is 14.9 Å². The number of carboxylic acids is 1. The molecule has 0 aromatic heterocycles. The molecule has 2 aliphatic rings. The van der Waals surface area contributed by atoms with Crippen LogP contribution in [0.5, 0.6) is 0 Å². The number of piperidine rings is 1. The summed E-state index contributed by atoms with van der Waals surface area (Å²) in [5.74, 6) is -2.50. The van der Waals surface area contributed by atoms with Crippen LogP contribution in [0, 0.1) is 5.92 Å². The molecule has 21 heavy (non-hydrogen) atoms. The predicted molar refractivity (Wildman–Crippen MR) is 71.3 cm³/mol. The predicted octanol–water partition coefficient (Wildman–Crippen LogP) is -0.360. The number of hydrogen-bond donors (Lipinski definition) is 2. The molecule has 4 amide bonds. The van der Waals surface area contributed by atoms with Gasteiger partial charge in [-0.05, 0) is 19.3 Å². The van der Waals surface area contributed by atoms with E-state index in [2.05, 4.69) is 5.32 Å². The zero-order valence-corrected chi connectivity index (χ0v) is 11.9. The van der Waals surface area contributed by atoms with Crippen LogP contribution in [0.2, 0.25) is 0 Å². The van der Waals surface area contributed by atoms with Gasteiger partial charge in [-0.3, -0.25) is 19.7 Å². The Morgan fingerprint density at radius 3 is 2.71 bits per heavy atom. The van der Waals surface area contributed by atoms with Crippen molar-refractivity contribution in [2.45, 2.75) is 32.2 Å². The number of aliphatic carboxylic acids is 1. The number of amides is 4. The fourth-order valence-electron chi connectivity index (χ4n) is 2.81. The first-order valence-corrected chi connectivity index (χ1v) is 7.06. The van der Waals surface area contributed by atoms with E-state index in [9.17, 15) is 19.2 Å². The van der Waals surface area contributed by atoms with Gasteiger partial charge in [0.25, 0.3) is 0 Å². The molecular formula is C13H19N3O5. The molecule has 0 radical (unpaired) electrons. The zero-order chi connectivity index (χ0) is 15.6. The molecular weight excluding hydrogens is 278 g/mol. The van der Waals surface area contributed by atoms with E-state index in [0.29, 0.717) is 25.8 Å². The van der Waals surface area contributed by atoms with Gasteiger partial charge in [0, 0.05) is 13.1 Å². The normalized spacial score (nSPS) is 26.5. The van der Waals surface area contributed by atoms with Crippen LogP contribution in [0.1, 0.15) is 26.2 Å². The van der Waals surface area contributed by atoms with Crippen molar-refractivity contribution in [1.29, 1.82) is 0 Å². The van der Waals surface area contributed by atoms with Gasteiger partial charge in [-0.2, -0.15) is 0 Å². The highest BCUT2D eigenvalue weighted by atomic mass is 16.4. The van der Waals surface area contributed by atoms with Crippen molar-refractivity contribution in [3.8, 4) is 0 Å². The second-order valence-corrected chi connectivity index (χ2v) is 5.37. The molecule has 0 aromatic rings. The number of carbonyl (C=O) groups is 4. The molecule has 0 aliphatic carbocycles. The molecule has 2 N–H and O–H groups in total. The molecule has 0 spiro atoms. The van der Waals surface area contributed by atoms with E-state index in [-0.39, 0.29) is 13.1 Å². The molecule has 116 valence electrons. The summed E-state index contributed by atoms with van der Waals surface area (Å²) < 4.78 is 0. The fourth-order valence-corrected chi connectivity index (χ4v) is 2.81. The van der Waals surface area contributed by atoms with Crippen LogP contribution < -0.4 is 5.32 Å². The third-order valence-electron chi connectivity index (χ3n) is 3.93. The van der Waals surface area contributed by atoms with E-state index >= 15 is 0 Å². The minimum absolute atomic E-state index is 0.122. The lowest BCUT2D eigenvalue weighted by Gasteiger charge is -2.39. The summed E-state index contributed by atoms with van der Waals surface area (Å²) in [6, 6.07) is -1.11. The molecule has 2 rings (SSSR count). The first-order valence-electron chi connectivity index (χ1n) is 7.06. The number of carboxylic acid groups (broad SMARTS) is 1. The first-order chi connectivity index (χ1) is 9.93. The summed E-state index contributed by atoms with van der Waals surface area (Å²) in [5.41, 5.74) is 0. The molecule has 2 heterocycles. The van der Waals surface area contributed by atoms with E-state index < -0.39 is 35.8 Å². The molecule has 0 aromatic carbocycles. The van der Waals surface area contributed by atoms with Crippen molar-refractivity contribution in [3.63, 3.8) is 0 Å². The summed E-state index contributed by atoms with van der Waals surface area (Å²) in [6.45, 7) is 2.16. The van der Waals surface area contributed by atoms with Gasteiger partial charge in [0.15, 0.2) is 0 Å². The maximum atomic E-state index is 12.5. The maximum Gasteiger partial charge on any atom is 0.321 e. The Labute approximate surface area is 122 Å². The van der Waals surface area contributed by atoms with Crippen molar-refractivity contribution in [3.05, 3.63) is 0 Å². The average Bonchev–Trinajstić information content (AvgIpc) is 2.45. The smallest absolute Gasteiger partial charge is 0.321 e. The van der Waals surface area contributed by atoms with Crippen LogP contribution >= 0.6 is 0 Å². The van der Waals surface area contributed by atoms with Crippen molar-refractivity contribution in [2.75, 3.05) is 19.6 Å². The standard InChI is InChI=1S/C13H19N3O5/c1-2-9-11(18)14-10(17)7-16(9)13(21)15-5-3-4-8(6-15)12(19)20/h8-9H,2-7H2,1H3,(H,19,20)(H,14,17,18)/t8-,9?/m1/s1. The molecule has 2 saturated heterocycles. The van der Waals surface area contributed by atoms with Crippen LogP contribution in [-0.2, 0) is 14.4 Å². The SMILES string of the molecule is CCC1C(=O)NC(=O)CN1C(=O)N1CCC[C@@H](C(=O)O)C1. The highest BCUT2D eigenvalue weighted by Crippen LogP contribution is 2.20. The number of hydrogen-bond acceptors (Lipinski definition) is 4. The summed E-state index contributed by atoms with van der Waals surface area (Å²) in [6.07, 6.45) is 1.55. The molecule has 2 aliphatic heterocycles. The van der Waals surface area contributed by atoms with Crippen molar-refractivity contribution in [2.24, 2.45) is 5.92 Å². The van der Waals surface area contributed by atoms with Gasteiger partial charge in [0.05, 0.1) is 5.92 Å². The minimum Gasteiger partial charge on any atom is -0.481 e. The van der Waals surface area contributed by atoms with Crippen molar-refractivity contribution < 1.29 is 24.3 Å². The Balaban J connectivity index is 2.11. The number of nitrogens with one attached hydrogen (secondary N) is 1. The molecule has 8 heteroatoms. The highest BCUT2D eigenvalue weighted by Gasteiger charge is 2.39. The largest absolute Gasteiger partial charge is 0.481 e. The van der Waals surface area contributed by atoms with E-state index in [1.165, 1.54) is 9.80 Å². The van der Waals surface area contributed by atoms with Gasteiger partial charge in [0.2, 0.25) is 11.8 Å². The lowest BCUT2D eigenvalue weighted by atomic mass is 9.98. The average molecular weight is 297 g/mol. The first kappa shape index (κ1) is 15.3. The second-order valence-electron chi connectivity index (χ2n) is 5.37. The lowest BCUT2D eigenvalue weighted by molar-refractivity contribution is -0.144. The Kier molecular flexibility index (Phi) is 4.44. The number of likely N-dealkylation sites (tertiary alicyclic amines) is 1. The maximum absolute atomic E-state index is 12.5. The van der Waals surface area contributed by atoms with Gasteiger partial charge in [-0.15, -0.1) is 0 Å². The van der Waals surface area contributed by atoms with Gasteiger partial charge in [0.1, 0.15) is 12.6 Å². The molecule has 2 fully saturated rings. The zero-order valence-electron chi connectivity index (χ0n) is 11.9.